The average Bonchev–Trinajstić information content (AvgIpc) is 3.98. The summed E-state index contributed by atoms with van der Waals surface area (Å²) in [6, 6.07) is 49.4. The van der Waals surface area contributed by atoms with E-state index in [4.69, 9.17) is 19.1 Å². The summed E-state index contributed by atoms with van der Waals surface area (Å²) in [6.45, 7) is 3.19. The molecule has 0 unspecified atom stereocenters. The van der Waals surface area contributed by atoms with Gasteiger partial charge in [0.2, 0.25) is 0 Å². The highest BCUT2D eigenvalue weighted by Crippen LogP contribution is 2.31. The lowest BCUT2D eigenvalue weighted by molar-refractivity contribution is -0.191. The van der Waals surface area contributed by atoms with Crippen molar-refractivity contribution in [1.29, 1.82) is 0 Å². The first kappa shape index (κ1) is 44.5. The van der Waals surface area contributed by atoms with Crippen LogP contribution in [0.5, 0.6) is 11.5 Å². The van der Waals surface area contributed by atoms with Crippen LogP contribution in [0.15, 0.2) is 156 Å². The Morgan fingerprint density at radius 1 is 0.574 bits per heavy atom. The number of aryl methyl sites for hydroxylation is 1. The molecule has 0 saturated heterocycles. The smallest absolute Gasteiger partial charge is 0.373 e. The molecular formula is C46H41BrN8O6. The molecule has 0 saturated carbocycles. The van der Waals surface area contributed by atoms with Crippen molar-refractivity contribution >= 4 is 28.1 Å². The first-order valence-electron chi connectivity index (χ1n) is 18.6. The molecule has 0 N–H and O–H groups in total. The summed E-state index contributed by atoms with van der Waals surface area (Å²) in [7, 11) is 4.70. The second-order valence-corrected chi connectivity index (χ2v) is 13.7. The fraction of sp³-hybridized carbons (Fsp3) is 0.130. The van der Waals surface area contributed by atoms with Crippen molar-refractivity contribution in [3.63, 3.8) is 0 Å². The molecule has 2 heterocycles. The topological polar surface area (TPSA) is 166 Å². The number of tetrazole rings is 2. The van der Waals surface area contributed by atoms with E-state index < -0.39 is 0 Å². The zero-order valence-corrected chi connectivity index (χ0v) is 35.3. The van der Waals surface area contributed by atoms with E-state index in [1.807, 2.05) is 95.7 Å². The number of nitrogens with zero attached hydrogens (tertiary/aromatic N) is 8. The molecule has 0 radical (unpaired) electrons. The number of benzene rings is 6. The van der Waals surface area contributed by atoms with Crippen LogP contribution in [0.4, 0.5) is 0 Å². The van der Waals surface area contributed by atoms with Crippen LogP contribution in [0.25, 0.3) is 33.9 Å². The standard InChI is InChI=1S/C22H20N4O.C15H14N4O.C8H7BrO2.CO2/c1-16-11-13-17(14-12-16)19-8-4-5-9-20(19)22-23-24-25-26(22)15-18-7-3-6-10-21(18)27-2;1-20-14-10-6-5-9-13(14)11-19-15(16-17-18-19)12-7-3-2-4-8-12;1-11-8(10)6-2-4-7(9)5-3-6;2-1-3/h3-14H,15H2,1-2H3;2-10H,11H2,1H3;2-5H,1H3;. The first-order chi connectivity index (χ1) is 29.8. The van der Waals surface area contributed by atoms with E-state index in [1.54, 1.807) is 43.2 Å². The normalized spacial score (nSPS) is 9.98. The summed E-state index contributed by atoms with van der Waals surface area (Å²) in [4.78, 5) is 27.1. The Bertz CT molecular complexity index is 2630. The van der Waals surface area contributed by atoms with Crippen LogP contribution in [-0.2, 0) is 27.4 Å². The highest BCUT2D eigenvalue weighted by molar-refractivity contribution is 9.10. The van der Waals surface area contributed by atoms with E-state index in [-0.39, 0.29) is 12.1 Å². The van der Waals surface area contributed by atoms with Crippen molar-refractivity contribution in [2.24, 2.45) is 0 Å². The SMILES string of the molecule is COC(=O)c1ccc(Br)cc1.COc1ccccc1Cn1nnnc1-c1ccccc1.COc1ccccc1Cn1nnnc1-c1ccccc1-c1ccc(C)cc1.O=C=O. The fourth-order valence-electron chi connectivity index (χ4n) is 5.97. The van der Waals surface area contributed by atoms with Crippen LogP contribution in [0, 0.1) is 6.92 Å². The van der Waals surface area contributed by atoms with Crippen molar-refractivity contribution < 1.29 is 28.6 Å². The number of ether oxygens (including phenoxy) is 3. The van der Waals surface area contributed by atoms with Gasteiger partial charge in [-0.2, -0.15) is 9.59 Å². The number of esters is 1. The number of aromatic nitrogens is 8. The Balaban J connectivity index is 0.000000181. The van der Waals surface area contributed by atoms with Gasteiger partial charge in [-0.25, -0.2) is 14.2 Å². The van der Waals surface area contributed by atoms with E-state index in [0.717, 1.165) is 61.0 Å². The molecule has 6 aromatic carbocycles. The van der Waals surface area contributed by atoms with Crippen molar-refractivity contribution in [1.82, 2.24) is 40.4 Å². The van der Waals surface area contributed by atoms with Gasteiger partial charge in [-0.3, -0.25) is 0 Å². The maximum absolute atomic E-state index is 10.9. The molecule has 61 heavy (non-hydrogen) atoms. The van der Waals surface area contributed by atoms with Gasteiger partial charge >= 0.3 is 12.1 Å². The van der Waals surface area contributed by atoms with Gasteiger partial charge in [0, 0.05) is 26.7 Å². The fourth-order valence-corrected chi connectivity index (χ4v) is 6.23. The van der Waals surface area contributed by atoms with Crippen LogP contribution in [-0.4, -0.2) is 73.9 Å². The van der Waals surface area contributed by atoms with Gasteiger partial charge in [0.05, 0.1) is 40.0 Å². The molecule has 308 valence electrons. The van der Waals surface area contributed by atoms with E-state index in [0.29, 0.717) is 18.7 Å². The number of methoxy groups -OCH3 is 3. The predicted octanol–water partition coefficient (Wildman–Crippen LogP) is 8.42. The zero-order chi connectivity index (χ0) is 43.4. The summed E-state index contributed by atoms with van der Waals surface area (Å²) in [5, 5.41) is 24.4. The lowest BCUT2D eigenvalue weighted by atomic mass is 9.98. The number of halogens is 1. The Hall–Kier alpha value is -7.61. The number of rotatable bonds is 10. The molecule has 0 fully saturated rings. The molecular weight excluding hydrogens is 840 g/mol. The molecule has 0 aliphatic heterocycles. The summed E-state index contributed by atoms with van der Waals surface area (Å²) in [5.74, 6) is 2.83. The maximum atomic E-state index is 10.9. The molecule has 14 nitrogen and oxygen atoms in total. The van der Waals surface area contributed by atoms with Crippen LogP contribution in [0.3, 0.4) is 0 Å². The minimum atomic E-state index is -0.308. The molecule has 0 spiro atoms. The van der Waals surface area contributed by atoms with Crippen LogP contribution in [0.1, 0.15) is 27.0 Å². The van der Waals surface area contributed by atoms with Gasteiger partial charge in [0.1, 0.15) is 11.5 Å². The molecule has 0 aliphatic rings. The molecule has 2 aromatic heterocycles. The van der Waals surface area contributed by atoms with Gasteiger partial charge in [-0.05, 0) is 75.3 Å². The van der Waals surface area contributed by atoms with E-state index in [9.17, 15) is 4.79 Å². The number of carbonyl (C=O) groups is 1. The third-order valence-corrected chi connectivity index (χ3v) is 9.45. The summed E-state index contributed by atoms with van der Waals surface area (Å²) >= 11 is 3.26. The minimum absolute atomic E-state index is 0.250. The van der Waals surface area contributed by atoms with Gasteiger partial charge in [-0.1, -0.05) is 137 Å². The molecule has 0 bridgehead atoms. The van der Waals surface area contributed by atoms with Gasteiger partial charge in [-0.15, -0.1) is 10.2 Å². The lowest BCUT2D eigenvalue weighted by Gasteiger charge is -2.12. The van der Waals surface area contributed by atoms with Gasteiger partial charge < -0.3 is 14.2 Å². The second-order valence-electron chi connectivity index (χ2n) is 12.8. The molecule has 0 amide bonds. The van der Waals surface area contributed by atoms with Crippen LogP contribution >= 0.6 is 15.9 Å². The minimum Gasteiger partial charge on any atom is -0.496 e. The monoisotopic (exact) mass is 880 g/mol. The molecule has 0 aliphatic carbocycles. The zero-order valence-electron chi connectivity index (χ0n) is 33.8. The number of para-hydroxylation sites is 2. The third-order valence-electron chi connectivity index (χ3n) is 8.92. The number of hydrogen-bond acceptors (Lipinski definition) is 12. The van der Waals surface area contributed by atoms with Gasteiger partial charge in [0.15, 0.2) is 11.6 Å². The molecule has 0 atom stereocenters. The van der Waals surface area contributed by atoms with Crippen LogP contribution < -0.4 is 9.47 Å². The largest absolute Gasteiger partial charge is 0.496 e. The lowest BCUT2D eigenvalue weighted by Crippen LogP contribution is -2.06. The predicted molar refractivity (Wildman–Crippen MR) is 231 cm³/mol. The van der Waals surface area contributed by atoms with Crippen molar-refractivity contribution in [3.8, 4) is 45.4 Å². The summed E-state index contributed by atoms with van der Waals surface area (Å²) < 4.78 is 19.9. The molecule has 15 heteroatoms. The Morgan fingerprint density at radius 2 is 1.05 bits per heavy atom. The van der Waals surface area contributed by atoms with Crippen molar-refractivity contribution in [2.75, 3.05) is 21.3 Å². The third kappa shape index (κ3) is 12.4. The van der Waals surface area contributed by atoms with Gasteiger partial charge in [0.25, 0.3) is 0 Å². The molecule has 8 aromatic rings. The Morgan fingerprint density at radius 3 is 1.59 bits per heavy atom. The maximum Gasteiger partial charge on any atom is 0.373 e. The number of carbonyl (C=O) groups excluding carboxylic acids is 3. The van der Waals surface area contributed by atoms with Crippen LogP contribution in [0.2, 0.25) is 0 Å². The number of hydrogen-bond donors (Lipinski definition) is 0. The Labute approximate surface area is 360 Å². The second kappa shape index (κ2) is 23.1. The quantitative estimate of drug-likeness (QED) is 0.121. The highest BCUT2D eigenvalue weighted by Gasteiger charge is 2.16. The highest BCUT2D eigenvalue weighted by atomic mass is 79.9. The Kier molecular flexibility index (Phi) is 16.8. The molecule has 8 rings (SSSR count). The first-order valence-corrected chi connectivity index (χ1v) is 19.4. The van der Waals surface area contributed by atoms with E-state index >= 15 is 0 Å². The van der Waals surface area contributed by atoms with E-state index in [2.05, 4.69) is 95.0 Å². The van der Waals surface area contributed by atoms with E-state index in [1.165, 1.54) is 12.7 Å². The van der Waals surface area contributed by atoms with Crippen molar-refractivity contribution in [3.05, 3.63) is 178 Å². The average molecular weight is 882 g/mol. The summed E-state index contributed by atoms with van der Waals surface area (Å²) in [6.07, 6.45) is 0.250. The van der Waals surface area contributed by atoms with Crippen molar-refractivity contribution in [2.45, 2.75) is 20.0 Å². The summed E-state index contributed by atoms with van der Waals surface area (Å²) in [5.41, 5.74) is 8.11.